The molecule has 2 heterocycles. The molecule has 1 aromatic carbocycles. The van der Waals surface area contributed by atoms with E-state index in [1.54, 1.807) is 0 Å². The van der Waals surface area contributed by atoms with Gasteiger partial charge in [0, 0.05) is 5.69 Å². The molecular formula is C14H9F6N5. The van der Waals surface area contributed by atoms with Crippen molar-refractivity contribution in [3.8, 4) is 0 Å². The number of anilines is 2. The Hall–Kier alpha value is -2.85. The zero-order chi connectivity index (χ0) is 18.2. The summed E-state index contributed by atoms with van der Waals surface area (Å²) in [7, 11) is 0. The molecule has 0 unspecified atom stereocenters. The van der Waals surface area contributed by atoms with Crippen molar-refractivity contribution in [2.75, 3.05) is 5.32 Å². The van der Waals surface area contributed by atoms with Gasteiger partial charge in [0.25, 0.3) is 5.82 Å². The summed E-state index contributed by atoms with van der Waals surface area (Å²) in [4.78, 5) is 0. The normalized spacial score (nSPS) is 12.6. The van der Waals surface area contributed by atoms with E-state index < -0.39 is 24.6 Å². The maximum absolute atomic E-state index is 12.8. The zero-order valence-corrected chi connectivity index (χ0v) is 12.2. The summed E-state index contributed by atoms with van der Waals surface area (Å²) in [6.07, 6.45) is -10.2. The predicted octanol–water partition coefficient (Wildman–Crippen LogP) is 3.99. The fourth-order valence-electron chi connectivity index (χ4n) is 2.17. The Morgan fingerprint density at radius 2 is 1.72 bits per heavy atom. The van der Waals surface area contributed by atoms with Crippen LogP contribution in [0.15, 0.2) is 36.4 Å². The van der Waals surface area contributed by atoms with Crippen molar-refractivity contribution in [3.05, 3.63) is 47.8 Å². The van der Waals surface area contributed by atoms with Gasteiger partial charge in [0.15, 0.2) is 11.5 Å². The van der Waals surface area contributed by atoms with Crippen molar-refractivity contribution >= 4 is 17.2 Å². The molecular weight excluding hydrogens is 352 g/mol. The lowest BCUT2D eigenvalue weighted by molar-refractivity contribution is -0.146. The van der Waals surface area contributed by atoms with Crippen LogP contribution in [0.4, 0.5) is 37.8 Å². The first-order valence-electron chi connectivity index (χ1n) is 6.84. The Morgan fingerprint density at radius 3 is 2.40 bits per heavy atom. The van der Waals surface area contributed by atoms with Gasteiger partial charge in [0.05, 0.1) is 6.42 Å². The van der Waals surface area contributed by atoms with E-state index in [1.807, 2.05) is 0 Å². The lowest BCUT2D eigenvalue weighted by Gasteiger charge is -2.10. The summed E-state index contributed by atoms with van der Waals surface area (Å²) < 4.78 is 76.3. The van der Waals surface area contributed by atoms with Crippen LogP contribution in [0.5, 0.6) is 0 Å². The highest BCUT2D eigenvalue weighted by atomic mass is 19.4. The minimum atomic E-state index is -4.74. The molecule has 0 aliphatic rings. The molecule has 0 atom stereocenters. The SMILES string of the molecule is FC(F)(F)Cc1cccc(Nc2ccc3nnc(C(F)(F)F)n3n2)c1. The minimum absolute atomic E-state index is 0.00181. The lowest BCUT2D eigenvalue weighted by Crippen LogP contribution is -2.13. The van der Waals surface area contributed by atoms with Crippen LogP contribution in [0.25, 0.3) is 5.65 Å². The van der Waals surface area contributed by atoms with Gasteiger partial charge >= 0.3 is 12.4 Å². The van der Waals surface area contributed by atoms with Crippen molar-refractivity contribution in [1.29, 1.82) is 0 Å². The first-order valence-corrected chi connectivity index (χ1v) is 6.84. The molecule has 0 saturated heterocycles. The van der Waals surface area contributed by atoms with E-state index >= 15 is 0 Å². The number of fused-ring (bicyclic) bond motifs is 1. The number of nitrogens with one attached hydrogen (secondary N) is 1. The Morgan fingerprint density at radius 1 is 0.960 bits per heavy atom. The molecule has 25 heavy (non-hydrogen) atoms. The highest BCUT2D eigenvalue weighted by Crippen LogP contribution is 2.28. The van der Waals surface area contributed by atoms with Gasteiger partial charge in [-0.1, -0.05) is 12.1 Å². The number of aromatic nitrogens is 4. The van der Waals surface area contributed by atoms with Crippen molar-refractivity contribution in [1.82, 2.24) is 19.8 Å². The maximum atomic E-state index is 12.8. The monoisotopic (exact) mass is 361 g/mol. The number of nitrogens with zero attached hydrogens (tertiary/aromatic N) is 4. The highest BCUT2D eigenvalue weighted by molar-refractivity contribution is 5.58. The van der Waals surface area contributed by atoms with Crippen LogP contribution in [0.1, 0.15) is 11.4 Å². The first kappa shape index (κ1) is 17.0. The summed E-state index contributed by atoms with van der Waals surface area (Å²) in [5.74, 6) is -1.29. The number of rotatable bonds is 3. The predicted molar refractivity (Wildman–Crippen MR) is 75.3 cm³/mol. The van der Waals surface area contributed by atoms with E-state index in [0.717, 1.165) is 0 Å². The van der Waals surface area contributed by atoms with Gasteiger partial charge in [-0.15, -0.1) is 15.3 Å². The Labute approximate surface area is 136 Å². The van der Waals surface area contributed by atoms with Crippen molar-refractivity contribution in [2.24, 2.45) is 0 Å². The molecule has 0 aliphatic heterocycles. The van der Waals surface area contributed by atoms with Crippen molar-refractivity contribution in [3.63, 3.8) is 0 Å². The number of halogens is 6. The Bertz CT molecular complexity index is 899. The summed E-state index contributed by atoms with van der Waals surface area (Å²) in [5, 5.41) is 12.8. The molecule has 0 fully saturated rings. The first-order chi connectivity index (χ1) is 11.6. The second kappa shape index (κ2) is 5.90. The second-order valence-electron chi connectivity index (χ2n) is 5.13. The summed E-state index contributed by atoms with van der Waals surface area (Å²) in [6, 6.07) is 8.04. The van der Waals surface area contributed by atoms with E-state index in [0.29, 0.717) is 4.52 Å². The van der Waals surface area contributed by atoms with Gasteiger partial charge in [-0.05, 0) is 29.8 Å². The molecule has 132 valence electrons. The number of hydrogen-bond acceptors (Lipinski definition) is 4. The molecule has 3 rings (SSSR count). The molecule has 11 heteroatoms. The van der Waals surface area contributed by atoms with Crippen LogP contribution in [0.2, 0.25) is 0 Å². The summed E-state index contributed by atoms with van der Waals surface area (Å²) >= 11 is 0. The van der Waals surface area contributed by atoms with E-state index in [-0.39, 0.29) is 22.7 Å². The van der Waals surface area contributed by atoms with Gasteiger partial charge in [0.1, 0.15) is 0 Å². The third kappa shape index (κ3) is 3.98. The van der Waals surface area contributed by atoms with Crippen molar-refractivity contribution in [2.45, 2.75) is 18.8 Å². The fraction of sp³-hybridized carbons (Fsp3) is 0.214. The van der Waals surface area contributed by atoms with Gasteiger partial charge in [-0.2, -0.15) is 30.9 Å². The smallest absolute Gasteiger partial charge is 0.339 e. The molecule has 0 aliphatic carbocycles. The molecule has 0 saturated carbocycles. The lowest BCUT2D eigenvalue weighted by atomic mass is 10.1. The van der Waals surface area contributed by atoms with Crippen molar-refractivity contribution < 1.29 is 26.3 Å². The van der Waals surface area contributed by atoms with Crippen LogP contribution >= 0.6 is 0 Å². The molecule has 0 amide bonds. The third-order valence-electron chi connectivity index (χ3n) is 3.12. The number of benzene rings is 1. The molecule has 0 bridgehead atoms. The van der Waals surface area contributed by atoms with E-state index in [2.05, 4.69) is 20.6 Å². The molecule has 5 nitrogen and oxygen atoms in total. The second-order valence-corrected chi connectivity index (χ2v) is 5.13. The molecule has 0 radical (unpaired) electrons. The standard InChI is InChI=1S/C14H9F6N5/c15-13(16,17)7-8-2-1-3-9(6-8)21-10-4-5-11-22-23-12(14(18,19)20)25(11)24-10/h1-6H,7H2,(H,21,24). The fourth-order valence-corrected chi connectivity index (χ4v) is 2.17. The number of alkyl halides is 6. The van der Waals surface area contributed by atoms with Crippen LogP contribution in [-0.4, -0.2) is 26.0 Å². The topological polar surface area (TPSA) is 55.1 Å². The average molecular weight is 361 g/mol. The van der Waals surface area contributed by atoms with E-state index in [1.165, 1.54) is 36.4 Å². The van der Waals surface area contributed by atoms with Crippen LogP contribution in [-0.2, 0) is 12.6 Å². The highest BCUT2D eigenvalue weighted by Gasteiger charge is 2.37. The van der Waals surface area contributed by atoms with Crippen LogP contribution < -0.4 is 5.32 Å². The minimum Gasteiger partial charge on any atom is -0.339 e. The van der Waals surface area contributed by atoms with E-state index in [4.69, 9.17) is 0 Å². The molecule has 1 N–H and O–H groups in total. The quantitative estimate of drug-likeness (QED) is 0.717. The summed E-state index contributed by atoms with van der Waals surface area (Å²) in [5.41, 5.74) is 0.165. The van der Waals surface area contributed by atoms with E-state index in [9.17, 15) is 26.3 Å². The molecule has 2 aromatic heterocycles. The summed E-state index contributed by atoms with van der Waals surface area (Å²) in [6.45, 7) is 0. The van der Waals surface area contributed by atoms with Gasteiger partial charge in [-0.3, -0.25) is 0 Å². The van der Waals surface area contributed by atoms with Crippen LogP contribution in [0.3, 0.4) is 0 Å². The van der Waals surface area contributed by atoms with Gasteiger partial charge in [0.2, 0.25) is 0 Å². The van der Waals surface area contributed by atoms with Gasteiger partial charge in [-0.25, -0.2) is 0 Å². The zero-order valence-electron chi connectivity index (χ0n) is 12.2. The Balaban J connectivity index is 1.89. The average Bonchev–Trinajstić information content (AvgIpc) is 2.89. The number of hydrogen-bond donors (Lipinski definition) is 1. The Kier molecular flexibility index (Phi) is 4.01. The van der Waals surface area contributed by atoms with Gasteiger partial charge < -0.3 is 5.32 Å². The molecule has 0 spiro atoms. The third-order valence-corrected chi connectivity index (χ3v) is 3.12. The maximum Gasteiger partial charge on any atom is 0.453 e. The molecule has 3 aromatic rings. The largest absolute Gasteiger partial charge is 0.453 e. The van der Waals surface area contributed by atoms with Crippen LogP contribution in [0, 0.1) is 0 Å².